The van der Waals surface area contributed by atoms with Gasteiger partial charge in [-0.1, -0.05) is 0 Å². The van der Waals surface area contributed by atoms with Gasteiger partial charge in [0.1, 0.15) is 0 Å². The molecule has 0 saturated heterocycles. The Kier molecular flexibility index (Phi) is 1.86. The maximum absolute atomic E-state index is 10.1. The number of aliphatic hydroxyl groups is 1. The van der Waals surface area contributed by atoms with Gasteiger partial charge in [-0.2, -0.15) is 4.68 Å². The van der Waals surface area contributed by atoms with Gasteiger partial charge in [0.2, 0.25) is 0 Å². The van der Waals surface area contributed by atoms with Crippen molar-refractivity contribution in [1.82, 2.24) is 9.78 Å². The summed E-state index contributed by atoms with van der Waals surface area (Å²) in [4.78, 5) is 9.53. The lowest BCUT2D eigenvalue weighted by Gasteiger charge is -1.87. The van der Waals surface area contributed by atoms with Crippen molar-refractivity contribution in [3.05, 3.63) is 21.9 Å². The lowest BCUT2D eigenvalue weighted by Crippen LogP contribution is -2.01. The Hall–Kier alpha value is -1.43. The Labute approximate surface area is 62.2 Å². The molecule has 60 valence electrons. The molecular formula is C5H7N3O3. The summed E-state index contributed by atoms with van der Waals surface area (Å²) in [6, 6.07) is 1.30. The van der Waals surface area contributed by atoms with E-state index in [9.17, 15) is 10.1 Å². The third kappa shape index (κ3) is 1.35. The summed E-state index contributed by atoms with van der Waals surface area (Å²) in [5.41, 5.74) is 0.569. The second-order valence-electron chi connectivity index (χ2n) is 2.04. The predicted octanol–water partition coefficient (Wildman–Crippen LogP) is 0.0495. The zero-order valence-electron chi connectivity index (χ0n) is 5.89. The molecule has 1 rings (SSSR count). The van der Waals surface area contributed by atoms with Crippen LogP contribution in [0.5, 0.6) is 0 Å². The van der Waals surface area contributed by atoms with Crippen LogP contribution in [0.1, 0.15) is 5.69 Å². The van der Waals surface area contributed by atoms with E-state index >= 15 is 0 Å². The highest BCUT2D eigenvalue weighted by Gasteiger charge is 2.13. The molecular weight excluding hydrogens is 150 g/mol. The molecule has 6 nitrogen and oxygen atoms in total. The Morgan fingerprint density at radius 1 is 1.91 bits per heavy atom. The predicted molar refractivity (Wildman–Crippen MR) is 35.8 cm³/mol. The molecule has 0 spiro atoms. The highest BCUT2D eigenvalue weighted by molar-refractivity contribution is 5.20. The molecule has 0 saturated carbocycles. The topological polar surface area (TPSA) is 81.2 Å². The lowest BCUT2D eigenvalue weighted by atomic mass is 10.5. The summed E-state index contributed by atoms with van der Waals surface area (Å²) >= 11 is 0. The van der Waals surface area contributed by atoms with Crippen LogP contribution in [0.25, 0.3) is 0 Å². The molecule has 1 aromatic rings. The van der Waals surface area contributed by atoms with Gasteiger partial charge in [-0.25, -0.2) is 0 Å². The van der Waals surface area contributed by atoms with Gasteiger partial charge in [-0.15, -0.1) is 0 Å². The minimum absolute atomic E-state index is 0.239. The maximum Gasteiger partial charge on any atom is 0.390 e. The van der Waals surface area contributed by atoms with Crippen molar-refractivity contribution in [2.75, 3.05) is 0 Å². The largest absolute Gasteiger partial charge is 0.390 e. The number of nitrogens with zero attached hydrogens (tertiary/aromatic N) is 3. The van der Waals surface area contributed by atoms with Gasteiger partial charge < -0.3 is 15.2 Å². The first-order valence-corrected chi connectivity index (χ1v) is 2.95. The van der Waals surface area contributed by atoms with Gasteiger partial charge in [0.15, 0.2) is 6.73 Å². The SMILES string of the molecule is Cc1cc([N+](=O)[O-])nn1CO. The van der Waals surface area contributed by atoms with Crippen LogP contribution in [0.4, 0.5) is 5.82 Å². The van der Waals surface area contributed by atoms with Crippen molar-refractivity contribution < 1.29 is 10.0 Å². The number of rotatable bonds is 2. The second-order valence-corrected chi connectivity index (χ2v) is 2.04. The van der Waals surface area contributed by atoms with E-state index < -0.39 is 4.92 Å². The average Bonchev–Trinajstić information content (AvgIpc) is 2.31. The minimum atomic E-state index is -0.598. The van der Waals surface area contributed by atoms with Crippen LogP contribution in [-0.4, -0.2) is 19.8 Å². The Bertz CT molecular complexity index is 281. The standard InChI is InChI=1S/C5H7N3O3/c1-4-2-5(8(10)11)6-7(4)3-9/h2,9H,3H2,1H3. The molecule has 0 aromatic carbocycles. The number of aryl methyl sites for hydroxylation is 1. The van der Waals surface area contributed by atoms with Crippen LogP contribution >= 0.6 is 0 Å². The van der Waals surface area contributed by atoms with E-state index in [2.05, 4.69) is 5.10 Å². The number of hydrogen-bond acceptors (Lipinski definition) is 4. The van der Waals surface area contributed by atoms with Crippen molar-refractivity contribution in [3.8, 4) is 0 Å². The molecule has 1 N–H and O–H groups in total. The third-order valence-electron chi connectivity index (χ3n) is 1.29. The molecule has 0 aliphatic carbocycles. The molecule has 0 unspecified atom stereocenters. The normalized spacial score (nSPS) is 10.0. The number of aromatic nitrogens is 2. The molecule has 11 heavy (non-hydrogen) atoms. The van der Waals surface area contributed by atoms with E-state index in [1.807, 2.05) is 0 Å². The maximum atomic E-state index is 10.1. The van der Waals surface area contributed by atoms with Crippen molar-refractivity contribution in [3.63, 3.8) is 0 Å². The van der Waals surface area contributed by atoms with Crippen LogP contribution in [0.15, 0.2) is 6.07 Å². The van der Waals surface area contributed by atoms with Crippen molar-refractivity contribution in [1.29, 1.82) is 0 Å². The average molecular weight is 157 g/mol. The number of hydrogen-bond donors (Lipinski definition) is 1. The summed E-state index contributed by atoms with van der Waals surface area (Å²) in [7, 11) is 0. The first kappa shape index (κ1) is 7.67. The molecule has 1 aromatic heterocycles. The van der Waals surface area contributed by atoms with Gasteiger partial charge in [0.25, 0.3) is 0 Å². The molecule has 0 bridgehead atoms. The Morgan fingerprint density at radius 3 is 2.82 bits per heavy atom. The monoisotopic (exact) mass is 157 g/mol. The van der Waals surface area contributed by atoms with E-state index in [1.165, 1.54) is 6.07 Å². The third-order valence-corrected chi connectivity index (χ3v) is 1.29. The fourth-order valence-electron chi connectivity index (χ4n) is 0.725. The molecule has 0 fully saturated rings. The van der Waals surface area contributed by atoms with Gasteiger partial charge in [0.05, 0.1) is 16.9 Å². The molecule has 0 radical (unpaired) electrons. The van der Waals surface area contributed by atoms with Crippen LogP contribution in [0, 0.1) is 17.0 Å². The van der Waals surface area contributed by atoms with Crippen molar-refractivity contribution >= 4 is 5.82 Å². The fourth-order valence-corrected chi connectivity index (χ4v) is 0.725. The van der Waals surface area contributed by atoms with Crippen molar-refractivity contribution in [2.24, 2.45) is 0 Å². The summed E-state index contributed by atoms with van der Waals surface area (Å²) < 4.78 is 1.15. The zero-order valence-corrected chi connectivity index (χ0v) is 5.89. The van der Waals surface area contributed by atoms with E-state index in [-0.39, 0.29) is 12.5 Å². The quantitative estimate of drug-likeness (QED) is 0.485. The Balaban J connectivity index is 3.05. The van der Waals surface area contributed by atoms with Crippen LogP contribution < -0.4 is 0 Å². The summed E-state index contributed by atoms with van der Waals surface area (Å²) in [5, 5.41) is 22.2. The second kappa shape index (κ2) is 2.67. The number of aliphatic hydroxyl groups excluding tert-OH is 1. The summed E-state index contributed by atoms with van der Waals surface area (Å²) in [6.07, 6.45) is 0. The summed E-state index contributed by atoms with van der Waals surface area (Å²) in [6.45, 7) is 1.30. The van der Waals surface area contributed by atoms with Crippen LogP contribution in [0.2, 0.25) is 0 Å². The molecule has 6 heteroatoms. The van der Waals surface area contributed by atoms with Crippen molar-refractivity contribution in [2.45, 2.75) is 13.7 Å². The highest BCUT2D eigenvalue weighted by Crippen LogP contribution is 2.09. The first-order chi connectivity index (χ1) is 5.15. The van der Waals surface area contributed by atoms with E-state index in [0.29, 0.717) is 5.69 Å². The highest BCUT2D eigenvalue weighted by atomic mass is 16.6. The van der Waals surface area contributed by atoms with Crippen LogP contribution in [0.3, 0.4) is 0 Å². The first-order valence-electron chi connectivity index (χ1n) is 2.95. The zero-order chi connectivity index (χ0) is 8.43. The minimum Gasteiger partial charge on any atom is -0.372 e. The molecule has 1 heterocycles. The molecule has 0 atom stereocenters. The lowest BCUT2D eigenvalue weighted by molar-refractivity contribution is -0.389. The molecule has 0 aliphatic heterocycles. The van der Waals surface area contributed by atoms with E-state index in [1.54, 1.807) is 6.92 Å². The number of nitro groups is 1. The van der Waals surface area contributed by atoms with Crippen LogP contribution in [-0.2, 0) is 6.73 Å². The smallest absolute Gasteiger partial charge is 0.372 e. The molecule has 0 aliphatic rings. The fraction of sp³-hybridized carbons (Fsp3) is 0.400. The van der Waals surface area contributed by atoms with Gasteiger partial charge in [0, 0.05) is 0 Å². The van der Waals surface area contributed by atoms with Gasteiger partial charge >= 0.3 is 5.82 Å². The molecule has 0 amide bonds. The van der Waals surface area contributed by atoms with E-state index in [4.69, 9.17) is 5.11 Å². The van der Waals surface area contributed by atoms with E-state index in [0.717, 1.165) is 4.68 Å². The van der Waals surface area contributed by atoms with Gasteiger partial charge in [-0.05, 0) is 11.8 Å². The van der Waals surface area contributed by atoms with Gasteiger partial charge in [-0.3, -0.25) is 0 Å². The summed E-state index contributed by atoms with van der Waals surface area (Å²) in [5.74, 6) is -0.239. The Morgan fingerprint density at radius 2 is 2.55 bits per heavy atom.